The van der Waals surface area contributed by atoms with Crippen molar-refractivity contribution in [1.82, 2.24) is 19.8 Å². The van der Waals surface area contributed by atoms with E-state index in [-0.39, 0.29) is 0 Å². The predicted octanol–water partition coefficient (Wildman–Crippen LogP) is 3.34. The van der Waals surface area contributed by atoms with E-state index in [0.717, 1.165) is 76.2 Å². The number of rotatable bonds is 7. The number of hydrogen-bond acceptors (Lipinski definition) is 4. The van der Waals surface area contributed by atoms with Crippen LogP contribution in [0.25, 0.3) is 0 Å². The molecule has 1 atom stereocenters. The summed E-state index contributed by atoms with van der Waals surface area (Å²) in [5, 5.41) is 0.662. The Labute approximate surface area is 157 Å². The van der Waals surface area contributed by atoms with Crippen molar-refractivity contribution < 1.29 is 4.74 Å². The summed E-state index contributed by atoms with van der Waals surface area (Å²) in [7, 11) is 0. The van der Waals surface area contributed by atoms with Gasteiger partial charge in [0.15, 0.2) is 5.15 Å². The zero-order valence-corrected chi connectivity index (χ0v) is 16.5. The molecule has 3 heterocycles. The number of unbranched alkanes of at least 4 members (excludes halogenated alkanes) is 1. The molecule has 0 aliphatic carbocycles. The molecular formula is C19H33ClN4O. The first-order chi connectivity index (χ1) is 12.2. The lowest BCUT2D eigenvalue weighted by atomic mass is 9.89. The summed E-state index contributed by atoms with van der Waals surface area (Å²) in [6.45, 7) is 11.8. The molecule has 3 rings (SSSR count). The molecule has 0 bridgehead atoms. The first-order valence-electron chi connectivity index (χ1n) is 9.94. The second kappa shape index (κ2) is 9.36. The quantitative estimate of drug-likeness (QED) is 0.801. The summed E-state index contributed by atoms with van der Waals surface area (Å²) in [5.41, 5.74) is 1.09. The third kappa shape index (κ3) is 5.19. The summed E-state index contributed by atoms with van der Waals surface area (Å²) < 4.78 is 5.49. The maximum atomic E-state index is 6.34. The average Bonchev–Trinajstić information content (AvgIpc) is 3.00. The fourth-order valence-corrected chi connectivity index (χ4v) is 4.32. The van der Waals surface area contributed by atoms with E-state index in [2.05, 4.69) is 33.6 Å². The highest BCUT2D eigenvalue weighted by atomic mass is 35.5. The third-order valence-corrected chi connectivity index (χ3v) is 6.17. The zero-order chi connectivity index (χ0) is 17.6. The number of H-pyrrole nitrogens is 1. The Morgan fingerprint density at radius 2 is 1.96 bits per heavy atom. The van der Waals surface area contributed by atoms with Gasteiger partial charge in [0.1, 0.15) is 5.82 Å². The fourth-order valence-electron chi connectivity index (χ4n) is 4.11. The summed E-state index contributed by atoms with van der Waals surface area (Å²) >= 11 is 6.34. The molecule has 6 heteroatoms. The van der Waals surface area contributed by atoms with Gasteiger partial charge in [-0.15, -0.1) is 0 Å². The number of aromatic amines is 1. The van der Waals surface area contributed by atoms with Crippen LogP contribution in [0.3, 0.4) is 0 Å². The number of likely N-dealkylation sites (tertiary alicyclic amines) is 1. The number of aromatic nitrogens is 2. The van der Waals surface area contributed by atoms with Crippen molar-refractivity contribution >= 4 is 11.6 Å². The molecule has 2 aliphatic heterocycles. The SMILES string of the molecule is CCCCc1nc(Cl)c(CN2CCC([C@@H](C)N3CCOCC3)CC2)[nH]1. The molecule has 0 unspecified atom stereocenters. The van der Waals surface area contributed by atoms with Gasteiger partial charge in [0.25, 0.3) is 0 Å². The number of imidazole rings is 1. The zero-order valence-electron chi connectivity index (χ0n) is 15.8. The molecule has 0 saturated carbocycles. The van der Waals surface area contributed by atoms with Crippen LogP contribution in [-0.4, -0.2) is 65.2 Å². The molecule has 0 spiro atoms. The van der Waals surface area contributed by atoms with E-state index in [1.54, 1.807) is 0 Å². The van der Waals surface area contributed by atoms with Crippen LogP contribution in [0.4, 0.5) is 0 Å². The predicted molar refractivity (Wildman–Crippen MR) is 102 cm³/mol. The van der Waals surface area contributed by atoms with Gasteiger partial charge in [-0.25, -0.2) is 4.98 Å². The molecule has 5 nitrogen and oxygen atoms in total. The maximum absolute atomic E-state index is 6.34. The first kappa shape index (κ1) is 19.2. The number of nitrogens with zero attached hydrogens (tertiary/aromatic N) is 3. The Morgan fingerprint density at radius 3 is 2.64 bits per heavy atom. The van der Waals surface area contributed by atoms with E-state index in [9.17, 15) is 0 Å². The summed E-state index contributed by atoms with van der Waals surface area (Å²) in [6.07, 6.45) is 5.88. The monoisotopic (exact) mass is 368 g/mol. The molecule has 2 fully saturated rings. The number of ether oxygens (including phenoxy) is 1. The van der Waals surface area contributed by atoms with Crippen molar-refractivity contribution in [3.63, 3.8) is 0 Å². The van der Waals surface area contributed by atoms with Crippen LogP contribution in [0.2, 0.25) is 5.15 Å². The molecule has 0 radical (unpaired) electrons. The van der Waals surface area contributed by atoms with E-state index < -0.39 is 0 Å². The Morgan fingerprint density at radius 1 is 1.24 bits per heavy atom. The van der Waals surface area contributed by atoms with Crippen LogP contribution in [0.5, 0.6) is 0 Å². The van der Waals surface area contributed by atoms with Crippen molar-refractivity contribution in [2.24, 2.45) is 5.92 Å². The van der Waals surface area contributed by atoms with E-state index in [1.165, 1.54) is 19.3 Å². The molecule has 2 saturated heterocycles. The van der Waals surface area contributed by atoms with E-state index >= 15 is 0 Å². The number of aryl methyl sites for hydroxylation is 1. The number of hydrogen-bond donors (Lipinski definition) is 1. The van der Waals surface area contributed by atoms with Gasteiger partial charge in [-0.3, -0.25) is 9.80 Å². The Kier molecular flexibility index (Phi) is 7.17. The molecule has 142 valence electrons. The van der Waals surface area contributed by atoms with Crippen molar-refractivity contribution in [1.29, 1.82) is 0 Å². The number of nitrogens with one attached hydrogen (secondary N) is 1. The fraction of sp³-hybridized carbons (Fsp3) is 0.842. The molecular weight excluding hydrogens is 336 g/mol. The highest BCUT2D eigenvalue weighted by Gasteiger charge is 2.29. The van der Waals surface area contributed by atoms with Crippen LogP contribution in [0.1, 0.15) is 51.0 Å². The lowest BCUT2D eigenvalue weighted by Crippen LogP contribution is -2.48. The largest absolute Gasteiger partial charge is 0.379 e. The summed E-state index contributed by atoms with van der Waals surface area (Å²) in [6, 6.07) is 0.669. The van der Waals surface area contributed by atoms with Gasteiger partial charge in [-0.1, -0.05) is 24.9 Å². The minimum absolute atomic E-state index is 0.662. The highest BCUT2D eigenvalue weighted by Crippen LogP contribution is 2.26. The van der Waals surface area contributed by atoms with Crippen molar-refractivity contribution in [2.45, 2.75) is 58.5 Å². The van der Waals surface area contributed by atoms with Crippen LogP contribution < -0.4 is 0 Å². The lowest BCUT2D eigenvalue weighted by Gasteiger charge is -2.41. The lowest BCUT2D eigenvalue weighted by molar-refractivity contribution is -0.00197. The van der Waals surface area contributed by atoms with Gasteiger partial charge in [0, 0.05) is 32.1 Å². The molecule has 2 aliphatic rings. The highest BCUT2D eigenvalue weighted by molar-refractivity contribution is 6.30. The smallest absolute Gasteiger partial charge is 0.151 e. The van der Waals surface area contributed by atoms with Crippen molar-refractivity contribution in [2.75, 3.05) is 39.4 Å². The maximum Gasteiger partial charge on any atom is 0.151 e. The van der Waals surface area contributed by atoms with Crippen LogP contribution in [0.15, 0.2) is 0 Å². The first-order valence-corrected chi connectivity index (χ1v) is 10.3. The molecule has 25 heavy (non-hydrogen) atoms. The normalized spacial score (nSPS) is 22.4. The standard InChI is InChI=1S/C19H33ClN4O/c1-3-4-5-18-21-17(19(20)22-18)14-23-8-6-16(7-9-23)15(2)24-10-12-25-13-11-24/h15-16H,3-14H2,1-2H3,(H,21,22)/t15-/m1/s1. The van der Waals surface area contributed by atoms with E-state index in [4.69, 9.17) is 16.3 Å². The van der Waals surface area contributed by atoms with Crippen molar-refractivity contribution in [3.8, 4) is 0 Å². The summed E-state index contributed by atoms with van der Waals surface area (Å²) in [4.78, 5) is 13.1. The number of piperidine rings is 1. The minimum Gasteiger partial charge on any atom is -0.379 e. The van der Waals surface area contributed by atoms with E-state index in [1.807, 2.05) is 0 Å². The average molecular weight is 369 g/mol. The molecule has 1 N–H and O–H groups in total. The number of halogens is 1. The third-order valence-electron chi connectivity index (χ3n) is 5.86. The van der Waals surface area contributed by atoms with Gasteiger partial charge in [-0.05, 0) is 45.2 Å². The second-order valence-electron chi connectivity index (χ2n) is 7.56. The van der Waals surface area contributed by atoms with Gasteiger partial charge in [-0.2, -0.15) is 0 Å². The Hall–Kier alpha value is -0.620. The molecule has 0 aromatic carbocycles. The number of morpholine rings is 1. The summed E-state index contributed by atoms with van der Waals surface area (Å²) in [5.74, 6) is 1.84. The van der Waals surface area contributed by atoms with Crippen LogP contribution in [0, 0.1) is 5.92 Å². The molecule has 0 amide bonds. The molecule has 1 aromatic heterocycles. The van der Waals surface area contributed by atoms with E-state index in [0.29, 0.717) is 11.2 Å². The second-order valence-corrected chi connectivity index (χ2v) is 7.92. The topological polar surface area (TPSA) is 44.4 Å². The van der Waals surface area contributed by atoms with Gasteiger partial charge < -0.3 is 9.72 Å². The Bertz CT molecular complexity index is 521. The minimum atomic E-state index is 0.662. The van der Waals surface area contributed by atoms with Crippen molar-refractivity contribution in [3.05, 3.63) is 16.7 Å². The van der Waals surface area contributed by atoms with Crippen LogP contribution >= 0.6 is 11.6 Å². The van der Waals surface area contributed by atoms with Crippen LogP contribution in [-0.2, 0) is 17.7 Å². The Balaban J connectivity index is 1.46. The molecule has 1 aromatic rings. The van der Waals surface area contributed by atoms with Gasteiger partial charge in [0.2, 0.25) is 0 Å². The van der Waals surface area contributed by atoms with Gasteiger partial charge >= 0.3 is 0 Å². The van der Waals surface area contributed by atoms with Gasteiger partial charge in [0.05, 0.1) is 18.9 Å².